The zero-order valence-corrected chi connectivity index (χ0v) is 11.3. The minimum Gasteiger partial charge on any atom is -0.316 e. The van der Waals surface area contributed by atoms with Gasteiger partial charge in [0.15, 0.2) is 0 Å². The van der Waals surface area contributed by atoms with Crippen molar-refractivity contribution in [3.63, 3.8) is 0 Å². The molecular formula is C14H27NO. The lowest BCUT2D eigenvalue weighted by Gasteiger charge is -2.32. The number of hydrogen-bond donors (Lipinski definition) is 1. The van der Waals surface area contributed by atoms with Gasteiger partial charge in [-0.15, -0.1) is 0 Å². The van der Waals surface area contributed by atoms with Crippen molar-refractivity contribution in [3.05, 3.63) is 0 Å². The number of rotatable bonds is 5. The highest BCUT2D eigenvalue weighted by molar-refractivity contribution is 5.83. The van der Waals surface area contributed by atoms with Crippen LogP contribution in [-0.2, 0) is 4.79 Å². The molecule has 2 heteroatoms. The van der Waals surface area contributed by atoms with Crippen molar-refractivity contribution >= 4 is 5.78 Å². The van der Waals surface area contributed by atoms with E-state index in [2.05, 4.69) is 33.0 Å². The van der Waals surface area contributed by atoms with Crippen LogP contribution in [0, 0.1) is 23.7 Å². The van der Waals surface area contributed by atoms with Crippen LogP contribution in [0.5, 0.6) is 0 Å². The van der Waals surface area contributed by atoms with Crippen LogP contribution < -0.4 is 5.32 Å². The Bertz CT molecular complexity index is 227. The molecule has 0 aromatic rings. The van der Waals surface area contributed by atoms with E-state index in [0.29, 0.717) is 17.6 Å². The summed E-state index contributed by atoms with van der Waals surface area (Å²) in [7, 11) is 0. The summed E-state index contributed by atoms with van der Waals surface area (Å²) in [6.07, 6.45) is 3.45. The SMILES string of the molecule is CCNCC(C)C(=O)C1CCC(C)C(C)C1. The maximum absolute atomic E-state index is 12.2. The largest absolute Gasteiger partial charge is 0.316 e. The lowest BCUT2D eigenvalue weighted by Crippen LogP contribution is -2.34. The summed E-state index contributed by atoms with van der Waals surface area (Å²) in [6.45, 7) is 10.5. The Morgan fingerprint density at radius 3 is 2.56 bits per heavy atom. The molecule has 94 valence electrons. The molecule has 1 saturated carbocycles. The van der Waals surface area contributed by atoms with Gasteiger partial charge in [-0.05, 0) is 37.6 Å². The normalized spacial score (nSPS) is 32.4. The van der Waals surface area contributed by atoms with E-state index >= 15 is 0 Å². The molecule has 4 atom stereocenters. The lowest BCUT2D eigenvalue weighted by atomic mass is 9.72. The molecule has 0 radical (unpaired) electrons. The molecule has 0 spiro atoms. The monoisotopic (exact) mass is 225 g/mol. The standard InChI is InChI=1S/C14H27NO/c1-5-15-9-12(4)14(16)13-7-6-10(2)11(3)8-13/h10-13,15H,5-9H2,1-4H3. The Labute approximate surface area is 100 Å². The van der Waals surface area contributed by atoms with Crippen LogP contribution in [0.4, 0.5) is 0 Å². The number of nitrogens with one attached hydrogen (secondary N) is 1. The summed E-state index contributed by atoms with van der Waals surface area (Å²) in [4.78, 5) is 12.2. The minimum absolute atomic E-state index is 0.186. The van der Waals surface area contributed by atoms with Gasteiger partial charge in [0.2, 0.25) is 0 Å². The molecule has 0 aromatic carbocycles. The minimum atomic E-state index is 0.186. The second-order valence-electron chi connectivity index (χ2n) is 5.58. The number of Topliss-reactive ketones (excluding diaryl/α,β-unsaturated/α-hetero) is 1. The first kappa shape index (κ1) is 13.7. The van der Waals surface area contributed by atoms with E-state index in [-0.39, 0.29) is 5.92 Å². The van der Waals surface area contributed by atoms with E-state index in [9.17, 15) is 4.79 Å². The predicted octanol–water partition coefficient (Wildman–Crippen LogP) is 2.87. The fraction of sp³-hybridized carbons (Fsp3) is 0.929. The molecule has 0 bridgehead atoms. The molecule has 4 unspecified atom stereocenters. The molecule has 0 saturated heterocycles. The third-order valence-corrected chi connectivity index (χ3v) is 4.19. The average Bonchev–Trinajstić information content (AvgIpc) is 2.28. The first-order valence-corrected chi connectivity index (χ1v) is 6.80. The van der Waals surface area contributed by atoms with Crippen molar-refractivity contribution in [1.29, 1.82) is 0 Å². The molecule has 0 heterocycles. The van der Waals surface area contributed by atoms with Gasteiger partial charge in [-0.2, -0.15) is 0 Å². The van der Waals surface area contributed by atoms with Gasteiger partial charge in [-0.1, -0.05) is 27.7 Å². The van der Waals surface area contributed by atoms with Gasteiger partial charge in [0, 0.05) is 18.4 Å². The summed E-state index contributed by atoms with van der Waals surface area (Å²) in [5.74, 6) is 2.52. The van der Waals surface area contributed by atoms with Crippen molar-refractivity contribution in [1.82, 2.24) is 5.32 Å². The van der Waals surface area contributed by atoms with E-state index < -0.39 is 0 Å². The van der Waals surface area contributed by atoms with Gasteiger partial charge in [0.25, 0.3) is 0 Å². The molecule has 1 fully saturated rings. The third kappa shape index (κ3) is 3.58. The van der Waals surface area contributed by atoms with E-state index in [1.165, 1.54) is 6.42 Å². The van der Waals surface area contributed by atoms with E-state index in [4.69, 9.17) is 0 Å². The van der Waals surface area contributed by atoms with Gasteiger partial charge in [-0.25, -0.2) is 0 Å². The molecular weight excluding hydrogens is 198 g/mol. The second kappa shape index (κ2) is 6.39. The van der Waals surface area contributed by atoms with Gasteiger partial charge in [0.1, 0.15) is 5.78 Å². The van der Waals surface area contributed by atoms with Crippen molar-refractivity contribution in [2.24, 2.45) is 23.7 Å². The summed E-state index contributed by atoms with van der Waals surface area (Å²) < 4.78 is 0. The highest BCUT2D eigenvalue weighted by Gasteiger charge is 2.30. The molecule has 1 N–H and O–H groups in total. The lowest BCUT2D eigenvalue weighted by molar-refractivity contribution is -0.128. The summed E-state index contributed by atoms with van der Waals surface area (Å²) in [6, 6.07) is 0. The topological polar surface area (TPSA) is 29.1 Å². The zero-order chi connectivity index (χ0) is 12.1. The van der Waals surface area contributed by atoms with Crippen molar-refractivity contribution < 1.29 is 4.79 Å². The fourth-order valence-corrected chi connectivity index (χ4v) is 2.67. The maximum Gasteiger partial charge on any atom is 0.140 e. The maximum atomic E-state index is 12.2. The van der Waals surface area contributed by atoms with Crippen molar-refractivity contribution in [3.8, 4) is 0 Å². The number of carbonyl (C=O) groups is 1. The molecule has 2 nitrogen and oxygen atoms in total. The molecule has 0 aromatic heterocycles. The molecule has 0 aliphatic heterocycles. The summed E-state index contributed by atoms with van der Waals surface area (Å²) in [5.41, 5.74) is 0. The van der Waals surface area contributed by atoms with Crippen LogP contribution in [0.25, 0.3) is 0 Å². The van der Waals surface area contributed by atoms with Crippen LogP contribution in [0.3, 0.4) is 0 Å². The first-order chi connectivity index (χ1) is 7.56. The van der Waals surface area contributed by atoms with Crippen LogP contribution in [-0.4, -0.2) is 18.9 Å². The third-order valence-electron chi connectivity index (χ3n) is 4.19. The Kier molecular flexibility index (Phi) is 5.47. The Morgan fingerprint density at radius 2 is 2.00 bits per heavy atom. The number of carbonyl (C=O) groups excluding carboxylic acids is 1. The predicted molar refractivity (Wildman–Crippen MR) is 68.4 cm³/mol. The molecule has 1 aliphatic rings. The van der Waals surface area contributed by atoms with Crippen LogP contribution in [0.2, 0.25) is 0 Å². The highest BCUT2D eigenvalue weighted by Crippen LogP contribution is 2.34. The smallest absolute Gasteiger partial charge is 0.140 e. The number of hydrogen-bond acceptors (Lipinski definition) is 2. The molecule has 16 heavy (non-hydrogen) atoms. The van der Waals surface area contributed by atoms with Gasteiger partial charge in [0.05, 0.1) is 0 Å². The number of ketones is 1. The molecule has 1 aliphatic carbocycles. The highest BCUT2D eigenvalue weighted by atomic mass is 16.1. The van der Waals surface area contributed by atoms with Gasteiger partial charge < -0.3 is 5.32 Å². The van der Waals surface area contributed by atoms with E-state index in [0.717, 1.165) is 31.8 Å². The summed E-state index contributed by atoms with van der Waals surface area (Å²) in [5, 5.41) is 3.27. The van der Waals surface area contributed by atoms with Crippen molar-refractivity contribution in [2.45, 2.75) is 47.0 Å². The summed E-state index contributed by atoms with van der Waals surface area (Å²) >= 11 is 0. The van der Waals surface area contributed by atoms with Crippen molar-refractivity contribution in [2.75, 3.05) is 13.1 Å². The Balaban J connectivity index is 2.42. The zero-order valence-electron chi connectivity index (χ0n) is 11.3. The first-order valence-electron chi connectivity index (χ1n) is 6.80. The Hall–Kier alpha value is -0.370. The van der Waals surface area contributed by atoms with E-state index in [1.807, 2.05) is 0 Å². The molecule has 0 amide bonds. The Morgan fingerprint density at radius 1 is 1.31 bits per heavy atom. The van der Waals surface area contributed by atoms with E-state index in [1.54, 1.807) is 0 Å². The fourth-order valence-electron chi connectivity index (χ4n) is 2.67. The average molecular weight is 225 g/mol. The molecule has 1 rings (SSSR count). The van der Waals surface area contributed by atoms with Gasteiger partial charge in [-0.3, -0.25) is 4.79 Å². The van der Waals surface area contributed by atoms with Gasteiger partial charge >= 0.3 is 0 Å². The van der Waals surface area contributed by atoms with Crippen LogP contribution in [0.15, 0.2) is 0 Å². The van der Waals surface area contributed by atoms with Crippen LogP contribution in [0.1, 0.15) is 47.0 Å². The second-order valence-corrected chi connectivity index (χ2v) is 5.58. The van der Waals surface area contributed by atoms with Crippen LogP contribution >= 0.6 is 0 Å². The quantitative estimate of drug-likeness (QED) is 0.779.